The summed E-state index contributed by atoms with van der Waals surface area (Å²) in [5.41, 5.74) is 8.15. The lowest BCUT2D eigenvalue weighted by molar-refractivity contribution is 0.386. The zero-order valence-corrected chi connectivity index (χ0v) is 10.1. The Labute approximate surface area is 105 Å². The third-order valence-corrected chi connectivity index (χ3v) is 2.60. The van der Waals surface area contributed by atoms with Gasteiger partial charge in [0.15, 0.2) is 11.6 Å². The zero-order valence-electron chi connectivity index (χ0n) is 10.1. The van der Waals surface area contributed by atoms with E-state index in [0.29, 0.717) is 12.2 Å². The van der Waals surface area contributed by atoms with Crippen molar-refractivity contribution in [2.75, 3.05) is 18.2 Å². The van der Waals surface area contributed by atoms with Crippen molar-refractivity contribution in [2.45, 2.75) is 6.54 Å². The Bertz CT molecular complexity index is 543. The molecule has 2 aromatic rings. The van der Waals surface area contributed by atoms with Gasteiger partial charge in [-0.05, 0) is 29.8 Å². The molecule has 0 fully saturated rings. The second kappa shape index (κ2) is 5.40. The first-order chi connectivity index (χ1) is 8.69. The van der Waals surface area contributed by atoms with Crippen molar-refractivity contribution in [2.24, 2.45) is 0 Å². The topological polar surface area (TPSA) is 47.3 Å². The van der Waals surface area contributed by atoms with Crippen molar-refractivity contribution in [1.29, 1.82) is 0 Å². The number of methoxy groups -OCH3 is 1. The van der Waals surface area contributed by atoms with Crippen molar-refractivity contribution < 1.29 is 9.13 Å². The van der Waals surface area contributed by atoms with Crippen molar-refractivity contribution >= 4 is 11.4 Å². The second-order valence-electron chi connectivity index (χ2n) is 3.95. The van der Waals surface area contributed by atoms with Crippen LogP contribution < -0.4 is 15.8 Å². The van der Waals surface area contributed by atoms with Gasteiger partial charge in [-0.15, -0.1) is 0 Å². The number of anilines is 2. The Balaban J connectivity index is 2.04. The number of hydrogen-bond donors (Lipinski definition) is 2. The van der Waals surface area contributed by atoms with Gasteiger partial charge in [-0.3, -0.25) is 0 Å². The number of benzene rings is 2. The Hall–Kier alpha value is -2.23. The van der Waals surface area contributed by atoms with Crippen LogP contribution in [0.5, 0.6) is 5.75 Å². The first-order valence-corrected chi connectivity index (χ1v) is 5.61. The minimum Gasteiger partial charge on any atom is -0.494 e. The average molecular weight is 246 g/mol. The lowest BCUT2D eigenvalue weighted by Gasteiger charge is -2.08. The molecule has 0 spiro atoms. The third-order valence-electron chi connectivity index (χ3n) is 2.60. The van der Waals surface area contributed by atoms with Crippen molar-refractivity contribution in [3.63, 3.8) is 0 Å². The van der Waals surface area contributed by atoms with Crippen LogP contribution in [-0.4, -0.2) is 7.11 Å². The fraction of sp³-hybridized carbons (Fsp3) is 0.143. The van der Waals surface area contributed by atoms with Gasteiger partial charge in [-0.25, -0.2) is 4.39 Å². The fourth-order valence-electron chi connectivity index (χ4n) is 1.68. The summed E-state index contributed by atoms with van der Waals surface area (Å²) in [5.74, 6) is -0.139. The number of nitrogens with one attached hydrogen (secondary N) is 1. The monoisotopic (exact) mass is 246 g/mol. The number of ether oxygens (including phenoxy) is 1. The molecule has 0 heterocycles. The van der Waals surface area contributed by atoms with E-state index in [4.69, 9.17) is 10.5 Å². The van der Waals surface area contributed by atoms with Crippen LogP contribution in [0.2, 0.25) is 0 Å². The standard InChI is InChI=1S/C14H15FN2O/c1-18-14-6-5-12(8-13(14)15)17-9-10-3-2-4-11(16)7-10/h2-8,17H,9,16H2,1H3. The molecule has 2 rings (SSSR count). The van der Waals surface area contributed by atoms with Crippen LogP contribution in [0.3, 0.4) is 0 Å². The molecule has 4 heteroatoms. The highest BCUT2D eigenvalue weighted by Gasteiger charge is 2.03. The highest BCUT2D eigenvalue weighted by molar-refractivity contribution is 5.48. The quantitative estimate of drug-likeness (QED) is 0.815. The Morgan fingerprint density at radius 1 is 1.22 bits per heavy atom. The van der Waals surface area contributed by atoms with E-state index in [2.05, 4.69) is 5.32 Å². The normalized spacial score (nSPS) is 10.1. The van der Waals surface area contributed by atoms with Crippen molar-refractivity contribution in [1.82, 2.24) is 0 Å². The number of nitrogens with two attached hydrogens (primary N) is 1. The molecule has 0 unspecified atom stereocenters. The van der Waals surface area contributed by atoms with E-state index in [1.54, 1.807) is 12.1 Å². The minimum atomic E-state index is -0.380. The van der Waals surface area contributed by atoms with E-state index in [1.165, 1.54) is 13.2 Å². The summed E-state index contributed by atoms with van der Waals surface area (Å²) in [7, 11) is 1.44. The van der Waals surface area contributed by atoms with Gasteiger partial charge < -0.3 is 15.8 Å². The van der Waals surface area contributed by atoms with Crippen LogP contribution in [0.15, 0.2) is 42.5 Å². The molecular weight excluding hydrogens is 231 g/mol. The summed E-state index contributed by atoms with van der Waals surface area (Å²) in [6.07, 6.45) is 0. The van der Waals surface area contributed by atoms with Gasteiger partial charge in [0, 0.05) is 24.0 Å². The van der Waals surface area contributed by atoms with Gasteiger partial charge in [0.25, 0.3) is 0 Å². The number of halogens is 1. The smallest absolute Gasteiger partial charge is 0.167 e. The van der Waals surface area contributed by atoms with Crippen LogP contribution >= 0.6 is 0 Å². The van der Waals surface area contributed by atoms with Gasteiger partial charge in [-0.1, -0.05) is 12.1 Å². The molecule has 0 radical (unpaired) electrons. The van der Waals surface area contributed by atoms with E-state index in [-0.39, 0.29) is 11.6 Å². The van der Waals surface area contributed by atoms with Gasteiger partial charge in [-0.2, -0.15) is 0 Å². The predicted molar refractivity (Wildman–Crippen MR) is 71.1 cm³/mol. The maximum atomic E-state index is 13.5. The van der Waals surface area contributed by atoms with E-state index < -0.39 is 0 Å². The molecule has 0 aliphatic carbocycles. The van der Waals surface area contributed by atoms with Crippen LogP contribution in [-0.2, 0) is 6.54 Å². The summed E-state index contributed by atoms with van der Waals surface area (Å²) in [5, 5.41) is 3.13. The van der Waals surface area contributed by atoms with Crippen LogP contribution in [0, 0.1) is 5.82 Å². The Kier molecular flexibility index (Phi) is 3.67. The van der Waals surface area contributed by atoms with Gasteiger partial charge in [0.05, 0.1) is 7.11 Å². The zero-order chi connectivity index (χ0) is 13.0. The lowest BCUT2D eigenvalue weighted by Crippen LogP contribution is -2.00. The molecule has 2 aromatic carbocycles. The Morgan fingerprint density at radius 2 is 2.06 bits per heavy atom. The van der Waals surface area contributed by atoms with Crippen LogP contribution in [0.1, 0.15) is 5.56 Å². The van der Waals surface area contributed by atoms with Crippen molar-refractivity contribution in [3.05, 3.63) is 53.8 Å². The number of rotatable bonds is 4. The van der Waals surface area contributed by atoms with Crippen LogP contribution in [0.4, 0.5) is 15.8 Å². The molecule has 0 aromatic heterocycles. The summed E-state index contributed by atoms with van der Waals surface area (Å²) in [4.78, 5) is 0. The molecular formula is C14H15FN2O. The Morgan fingerprint density at radius 3 is 2.72 bits per heavy atom. The molecule has 94 valence electrons. The first kappa shape index (κ1) is 12.2. The number of nitrogen functional groups attached to an aromatic ring is 1. The van der Waals surface area contributed by atoms with E-state index >= 15 is 0 Å². The molecule has 0 aliphatic rings. The van der Waals surface area contributed by atoms with Crippen LogP contribution in [0.25, 0.3) is 0 Å². The molecule has 0 bridgehead atoms. The van der Waals surface area contributed by atoms with E-state index in [0.717, 1.165) is 11.3 Å². The lowest BCUT2D eigenvalue weighted by atomic mass is 10.2. The summed E-state index contributed by atoms with van der Waals surface area (Å²) in [6.45, 7) is 0.594. The summed E-state index contributed by atoms with van der Waals surface area (Å²) >= 11 is 0. The van der Waals surface area contributed by atoms with E-state index in [9.17, 15) is 4.39 Å². The fourth-order valence-corrected chi connectivity index (χ4v) is 1.68. The third kappa shape index (κ3) is 2.91. The largest absolute Gasteiger partial charge is 0.494 e. The molecule has 0 atom stereocenters. The molecule has 3 nitrogen and oxygen atoms in total. The molecule has 3 N–H and O–H groups in total. The number of hydrogen-bond acceptors (Lipinski definition) is 3. The molecule has 0 aliphatic heterocycles. The van der Waals surface area contributed by atoms with Gasteiger partial charge >= 0.3 is 0 Å². The average Bonchev–Trinajstić information content (AvgIpc) is 2.37. The molecule has 0 saturated carbocycles. The van der Waals surface area contributed by atoms with Gasteiger partial charge in [0.1, 0.15) is 0 Å². The minimum absolute atomic E-state index is 0.240. The maximum absolute atomic E-state index is 13.5. The summed E-state index contributed by atoms with van der Waals surface area (Å²) in [6, 6.07) is 12.3. The van der Waals surface area contributed by atoms with Gasteiger partial charge in [0.2, 0.25) is 0 Å². The van der Waals surface area contributed by atoms with Crippen molar-refractivity contribution in [3.8, 4) is 5.75 Å². The second-order valence-corrected chi connectivity index (χ2v) is 3.95. The maximum Gasteiger partial charge on any atom is 0.167 e. The SMILES string of the molecule is COc1ccc(NCc2cccc(N)c2)cc1F. The molecule has 0 amide bonds. The first-order valence-electron chi connectivity index (χ1n) is 5.61. The van der Waals surface area contributed by atoms with E-state index in [1.807, 2.05) is 24.3 Å². The highest BCUT2D eigenvalue weighted by Crippen LogP contribution is 2.21. The summed E-state index contributed by atoms with van der Waals surface area (Å²) < 4.78 is 18.3. The predicted octanol–water partition coefficient (Wildman–Crippen LogP) is 3.03. The highest BCUT2D eigenvalue weighted by atomic mass is 19.1. The molecule has 0 saturated heterocycles. The molecule has 18 heavy (non-hydrogen) atoms.